The van der Waals surface area contributed by atoms with Crippen LogP contribution in [0.5, 0.6) is 0 Å². The number of aryl methyl sites for hydroxylation is 1. The molecule has 0 spiro atoms. The molecule has 0 fully saturated rings. The van der Waals surface area contributed by atoms with Crippen molar-refractivity contribution in [1.82, 2.24) is 20.5 Å². The van der Waals surface area contributed by atoms with Crippen LogP contribution < -0.4 is 16.0 Å². The first kappa shape index (κ1) is 30.3. The lowest BCUT2D eigenvalue weighted by atomic mass is 9.87. The molecule has 40 heavy (non-hydrogen) atoms. The summed E-state index contributed by atoms with van der Waals surface area (Å²) in [6, 6.07) is 19.7. The molecule has 0 unspecified atom stereocenters. The second-order valence-electron chi connectivity index (χ2n) is 10.8. The zero-order valence-electron chi connectivity index (χ0n) is 24.3. The normalized spacial score (nSPS) is 11.0. The summed E-state index contributed by atoms with van der Waals surface area (Å²) in [5.74, 6) is 0.324. The van der Waals surface area contributed by atoms with Crippen LogP contribution in [0.25, 0.3) is 11.3 Å². The molecule has 0 aliphatic carbocycles. The first-order valence-corrected chi connectivity index (χ1v) is 13.9. The number of urea groups is 2. The van der Waals surface area contributed by atoms with Gasteiger partial charge >= 0.3 is 12.1 Å². The Kier molecular flexibility index (Phi) is 10.8. The summed E-state index contributed by atoms with van der Waals surface area (Å²) in [5.41, 5.74) is 6.00. The van der Waals surface area contributed by atoms with Gasteiger partial charge in [0, 0.05) is 34.5 Å². The number of nitrogens with one attached hydrogen (secondary N) is 4. The van der Waals surface area contributed by atoms with Crippen molar-refractivity contribution in [2.45, 2.75) is 65.8 Å². The van der Waals surface area contributed by atoms with Crippen LogP contribution in [0.3, 0.4) is 0 Å². The van der Waals surface area contributed by atoms with E-state index in [0.717, 1.165) is 35.2 Å². The van der Waals surface area contributed by atoms with Gasteiger partial charge in [-0.05, 0) is 60.9 Å². The Bertz CT molecular complexity index is 1270. The monoisotopic (exact) mass is 546 g/mol. The number of hydrogen-bond donors (Lipinski definition) is 4. The summed E-state index contributed by atoms with van der Waals surface area (Å²) in [4.78, 5) is 30.4. The van der Waals surface area contributed by atoms with Gasteiger partial charge in [0.1, 0.15) is 5.84 Å². The molecule has 0 saturated carbocycles. The number of aromatic nitrogens is 1. The van der Waals surface area contributed by atoms with Crippen LogP contribution in [0, 0.1) is 5.41 Å². The van der Waals surface area contributed by atoms with E-state index in [1.165, 1.54) is 10.5 Å². The van der Waals surface area contributed by atoms with E-state index in [1.807, 2.05) is 50.2 Å². The number of benzene rings is 2. The van der Waals surface area contributed by atoms with E-state index in [-0.39, 0.29) is 20.3 Å². The largest absolute Gasteiger partial charge is 0.338 e. The van der Waals surface area contributed by atoms with Crippen molar-refractivity contribution in [1.29, 1.82) is 5.41 Å². The van der Waals surface area contributed by atoms with Gasteiger partial charge in [0.05, 0.1) is 17.6 Å². The van der Waals surface area contributed by atoms with Crippen LogP contribution in [0.4, 0.5) is 15.3 Å². The van der Waals surface area contributed by atoms with Crippen LogP contribution in [-0.2, 0) is 18.4 Å². The Balaban J connectivity index is 0.00000441. The van der Waals surface area contributed by atoms with Crippen molar-refractivity contribution in [2.75, 3.05) is 18.4 Å². The molecule has 0 bridgehead atoms. The predicted molar refractivity (Wildman–Crippen MR) is 167 cm³/mol. The highest BCUT2D eigenvalue weighted by Gasteiger charge is 2.17. The van der Waals surface area contributed by atoms with E-state index in [2.05, 4.69) is 66.0 Å². The van der Waals surface area contributed by atoms with Crippen molar-refractivity contribution < 1.29 is 12.4 Å². The molecular formula is C32H46N6O2. The summed E-state index contributed by atoms with van der Waals surface area (Å²) in [6.07, 6.45) is 3.74. The van der Waals surface area contributed by atoms with Crippen molar-refractivity contribution in [3.05, 3.63) is 83.6 Å². The van der Waals surface area contributed by atoms with Crippen molar-refractivity contribution in [3.8, 4) is 11.3 Å². The molecule has 0 aliphatic heterocycles. The Hall–Kier alpha value is -4.20. The van der Waals surface area contributed by atoms with Gasteiger partial charge in [0.15, 0.2) is 0 Å². The fourth-order valence-corrected chi connectivity index (χ4v) is 4.26. The molecule has 216 valence electrons. The second kappa shape index (κ2) is 14.3. The van der Waals surface area contributed by atoms with Crippen LogP contribution >= 0.6 is 0 Å². The smallest absolute Gasteiger partial charge is 0.323 e. The van der Waals surface area contributed by atoms with E-state index in [0.29, 0.717) is 37.6 Å². The van der Waals surface area contributed by atoms with Crippen LogP contribution in [0.2, 0.25) is 0 Å². The molecule has 0 radical (unpaired) electrons. The molecule has 1 heterocycles. The molecule has 8 nitrogen and oxygen atoms in total. The number of anilines is 1. The molecule has 4 N–H and O–H groups in total. The first-order chi connectivity index (χ1) is 19.1. The lowest BCUT2D eigenvalue weighted by molar-refractivity contribution is 0.220. The minimum atomic E-state index is -0.251. The number of hydrogen-bond acceptors (Lipinski definition) is 4. The number of pyridine rings is 1. The lowest BCUT2D eigenvalue weighted by Gasteiger charge is -2.22. The lowest BCUT2D eigenvalue weighted by Crippen LogP contribution is -2.43. The summed E-state index contributed by atoms with van der Waals surface area (Å²) < 4.78 is 0. The minimum Gasteiger partial charge on any atom is -0.338 e. The topological polar surface area (TPSA) is 110 Å². The highest BCUT2D eigenvalue weighted by molar-refractivity contribution is 5.95. The fraction of sp³-hybridized carbons (Fsp3) is 0.375. The minimum absolute atomic E-state index is 0. The third kappa shape index (κ3) is 8.93. The predicted octanol–water partition coefficient (Wildman–Crippen LogP) is 7.21. The third-order valence-electron chi connectivity index (χ3n) is 6.64. The van der Waals surface area contributed by atoms with Gasteiger partial charge in [0.25, 0.3) is 0 Å². The number of carbonyl (C=O) groups is 2. The zero-order valence-corrected chi connectivity index (χ0v) is 24.3. The molecule has 2 aromatic carbocycles. The molecule has 8 heteroatoms. The first-order valence-electron chi connectivity index (χ1n) is 13.9. The SMILES string of the molecule is CCNC(=O)Nc1ccc(-c2ccc(CCCC(=N)N(CC)C(=O)NCc3ccc(C(C)(C)C)cc3)cc2)nc1.[HH].[HH]. The summed E-state index contributed by atoms with van der Waals surface area (Å²) >= 11 is 0. The Morgan fingerprint density at radius 3 is 2.17 bits per heavy atom. The van der Waals surface area contributed by atoms with E-state index in [1.54, 1.807) is 6.20 Å². The van der Waals surface area contributed by atoms with Gasteiger partial charge in [0.2, 0.25) is 0 Å². The molecular weight excluding hydrogens is 500 g/mol. The van der Waals surface area contributed by atoms with Crippen LogP contribution in [0.15, 0.2) is 66.9 Å². The van der Waals surface area contributed by atoms with Crippen LogP contribution in [0.1, 0.15) is 67.0 Å². The number of nitrogens with zero attached hydrogens (tertiary/aromatic N) is 2. The van der Waals surface area contributed by atoms with Crippen molar-refractivity contribution >= 4 is 23.6 Å². The standard InChI is InChI=1S/C32H42N6O2.2H2/c1-6-34-30(39)37-27-19-20-28(35-22-27)25-15-11-23(12-16-25)9-8-10-29(33)38(7-2)31(40)36-21-24-13-17-26(18-14-24)32(3,4)5;;/h11-20,22,33H,6-10,21H2,1-5H3,(H,36,40)(H2,34,37,39);2*1H. The van der Waals surface area contributed by atoms with Crippen molar-refractivity contribution in [2.24, 2.45) is 0 Å². The van der Waals surface area contributed by atoms with E-state index < -0.39 is 0 Å². The summed E-state index contributed by atoms with van der Waals surface area (Å²) in [5, 5.41) is 16.9. The van der Waals surface area contributed by atoms with Gasteiger partial charge in [-0.2, -0.15) is 0 Å². The number of rotatable bonds is 10. The Morgan fingerprint density at radius 1 is 0.925 bits per heavy atom. The van der Waals surface area contributed by atoms with E-state index >= 15 is 0 Å². The van der Waals surface area contributed by atoms with Crippen LogP contribution in [-0.4, -0.2) is 40.9 Å². The van der Waals surface area contributed by atoms with Gasteiger partial charge in [-0.1, -0.05) is 69.3 Å². The van der Waals surface area contributed by atoms with Gasteiger partial charge < -0.3 is 16.0 Å². The summed E-state index contributed by atoms with van der Waals surface area (Å²) in [6.45, 7) is 11.7. The number of amidine groups is 1. The van der Waals surface area contributed by atoms with E-state index in [9.17, 15) is 9.59 Å². The maximum Gasteiger partial charge on any atom is 0.323 e. The molecule has 3 aromatic rings. The highest BCUT2D eigenvalue weighted by atomic mass is 16.2. The average Bonchev–Trinajstić information content (AvgIpc) is 2.93. The van der Waals surface area contributed by atoms with Gasteiger partial charge in [-0.15, -0.1) is 0 Å². The molecule has 0 atom stereocenters. The molecule has 1 aromatic heterocycles. The zero-order chi connectivity index (χ0) is 29.1. The summed E-state index contributed by atoms with van der Waals surface area (Å²) in [7, 11) is 0. The second-order valence-corrected chi connectivity index (χ2v) is 10.8. The number of carbonyl (C=O) groups excluding carboxylic acids is 2. The maximum atomic E-state index is 12.8. The average molecular weight is 547 g/mol. The molecule has 0 aliphatic rings. The molecule has 0 saturated heterocycles. The van der Waals surface area contributed by atoms with Gasteiger partial charge in [-0.3, -0.25) is 15.3 Å². The Morgan fingerprint density at radius 2 is 1.60 bits per heavy atom. The third-order valence-corrected chi connectivity index (χ3v) is 6.64. The van der Waals surface area contributed by atoms with E-state index in [4.69, 9.17) is 5.41 Å². The maximum absolute atomic E-state index is 12.8. The van der Waals surface area contributed by atoms with Gasteiger partial charge in [-0.25, -0.2) is 9.59 Å². The molecule has 3 rings (SSSR count). The molecule has 4 amide bonds. The Labute approximate surface area is 241 Å². The fourth-order valence-electron chi connectivity index (χ4n) is 4.26. The highest BCUT2D eigenvalue weighted by Crippen LogP contribution is 2.22. The number of amides is 4. The van der Waals surface area contributed by atoms with Crippen molar-refractivity contribution in [3.63, 3.8) is 0 Å². The quantitative estimate of drug-likeness (QED) is 0.159.